The maximum atomic E-state index is 4.27. The van der Waals surface area contributed by atoms with E-state index in [2.05, 4.69) is 36.1 Å². The van der Waals surface area contributed by atoms with Gasteiger partial charge in [0.25, 0.3) is 0 Å². The third-order valence-corrected chi connectivity index (χ3v) is 3.12. The van der Waals surface area contributed by atoms with Crippen molar-refractivity contribution in [2.75, 3.05) is 6.26 Å². The van der Waals surface area contributed by atoms with E-state index in [-0.39, 0.29) is 0 Å². The molecule has 1 aromatic heterocycles. The normalized spacial score (nSPS) is 10.6. The van der Waals surface area contributed by atoms with Gasteiger partial charge in [0, 0.05) is 6.20 Å². The molecule has 3 heteroatoms. The quantitative estimate of drug-likeness (QED) is 0.411. The molecule has 0 unspecified atom stereocenters. The molecular weight excluding hydrogens is 206 g/mol. The molecule has 0 saturated carbocycles. The van der Waals surface area contributed by atoms with Crippen molar-refractivity contribution >= 4 is 19.8 Å². The summed E-state index contributed by atoms with van der Waals surface area (Å²) in [6.45, 7) is 6.74. The Morgan fingerprint density at radius 2 is 2.07 bits per heavy atom. The van der Waals surface area contributed by atoms with Crippen LogP contribution >= 0.6 is 11.8 Å². The first-order valence-electron chi connectivity index (χ1n) is 4.55. The predicted molar refractivity (Wildman–Crippen MR) is 66.2 cm³/mol. The summed E-state index contributed by atoms with van der Waals surface area (Å²) in [4.78, 5) is 4.27. The molecule has 0 N–H and O–H groups in total. The zero-order valence-corrected chi connectivity index (χ0v) is 10.9. The van der Waals surface area contributed by atoms with Crippen LogP contribution in [0.1, 0.15) is 5.56 Å². The van der Waals surface area contributed by atoms with E-state index in [1.807, 2.05) is 24.6 Å². The summed E-state index contributed by atoms with van der Waals surface area (Å²) >= 11 is 1.65. The fourth-order valence-electron chi connectivity index (χ4n) is 0.903. The second kappa shape index (κ2) is 4.67. The molecule has 1 heterocycles. The largest absolute Gasteiger partial charge is 0.249 e. The van der Waals surface area contributed by atoms with Crippen molar-refractivity contribution in [1.82, 2.24) is 4.98 Å². The number of hydrogen-bond acceptors (Lipinski definition) is 2. The number of nitrogens with zero attached hydrogens (tertiary/aromatic N) is 1. The number of thioether (sulfide) groups is 1. The monoisotopic (exact) mass is 221 g/mol. The van der Waals surface area contributed by atoms with Crippen molar-refractivity contribution in [3.63, 3.8) is 0 Å². The van der Waals surface area contributed by atoms with Gasteiger partial charge < -0.3 is 0 Å². The molecule has 0 aliphatic carbocycles. The van der Waals surface area contributed by atoms with Gasteiger partial charge in [-0.25, -0.2) is 4.98 Å². The van der Waals surface area contributed by atoms with Crippen LogP contribution in [0.2, 0.25) is 19.6 Å². The highest BCUT2D eigenvalue weighted by Crippen LogP contribution is 2.15. The third kappa shape index (κ3) is 3.57. The number of aromatic nitrogens is 1. The van der Waals surface area contributed by atoms with E-state index in [0.717, 1.165) is 10.6 Å². The lowest BCUT2D eigenvalue weighted by molar-refractivity contribution is 1.12. The zero-order valence-electron chi connectivity index (χ0n) is 9.09. The van der Waals surface area contributed by atoms with E-state index >= 15 is 0 Å². The number of rotatable bonds is 1. The lowest BCUT2D eigenvalue weighted by atomic mass is 10.3. The Morgan fingerprint density at radius 3 is 2.64 bits per heavy atom. The van der Waals surface area contributed by atoms with Crippen molar-refractivity contribution in [3.8, 4) is 11.5 Å². The molecule has 0 aliphatic rings. The minimum Gasteiger partial charge on any atom is -0.249 e. The molecule has 1 rings (SSSR count). The molecule has 0 fully saturated rings. The van der Waals surface area contributed by atoms with Crippen LogP contribution < -0.4 is 0 Å². The number of hydrogen-bond donors (Lipinski definition) is 0. The van der Waals surface area contributed by atoms with Gasteiger partial charge in [0.15, 0.2) is 0 Å². The van der Waals surface area contributed by atoms with Crippen molar-refractivity contribution < 1.29 is 0 Å². The van der Waals surface area contributed by atoms with Gasteiger partial charge in [0.1, 0.15) is 13.1 Å². The topological polar surface area (TPSA) is 12.9 Å². The van der Waals surface area contributed by atoms with E-state index in [0.29, 0.717) is 0 Å². The van der Waals surface area contributed by atoms with Crippen molar-refractivity contribution in [2.45, 2.75) is 24.7 Å². The first kappa shape index (κ1) is 11.4. The summed E-state index contributed by atoms with van der Waals surface area (Å²) in [6, 6.07) is 3.97. The van der Waals surface area contributed by atoms with Gasteiger partial charge in [-0.2, -0.15) is 0 Å². The first-order valence-corrected chi connectivity index (χ1v) is 9.27. The van der Waals surface area contributed by atoms with Crippen LogP contribution in [0.4, 0.5) is 0 Å². The van der Waals surface area contributed by atoms with Crippen molar-refractivity contribution in [1.29, 1.82) is 0 Å². The molecule has 0 amide bonds. The van der Waals surface area contributed by atoms with E-state index < -0.39 is 8.07 Å². The fourth-order valence-corrected chi connectivity index (χ4v) is 1.92. The van der Waals surface area contributed by atoms with E-state index in [1.54, 1.807) is 11.8 Å². The first-order chi connectivity index (χ1) is 6.53. The number of pyridine rings is 1. The smallest absolute Gasteiger partial charge is 0.129 e. The lowest BCUT2D eigenvalue weighted by Crippen LogP contribution is -2.16. The summed E-state index contributed by atoms with van der Waals surface area (Å²) < 4.78 is 0. The minimum atomic E-state index is -1.27. The molecule has 0 radical (unpaired) electrons. The van der Waals surface area contributed by atoms with Crippen molar-refractivity contribution in [2.24, 2.45) is 0 Å². The Morgan fingerprint density at radius 1 is 1.36 bits per heavy atom. The highest BCUT2D eigenvalue weighted by molar-refractivity contribution is 7.98. The maximum absolute atomic E-state index is 4.27. The van der Waals surface area contributed by atoms with Crippen LogP contribution in [0.25, 0.3) is 0 Å². The van der Waals surface area contributed by atoms with E-state index in [4.69, 9.17) is 0 Å². The molecule has 0 saturated heterocycles. The molecule has 1 nitrogen and oxygen atoms in total. The highest BCUT2D eigenvalue weighted by Gasteiger charge is 2.08. The summed E-state index contributed by atoms with van der Waals surface area (Å²) in [5.41, 5.74) is 4.41. The minimum absolute atomic E-state index is 1.03. The molecule has 74 valence electrons. The molecule has 0 bridgehead atoms. The Bertz CT molecular complexity index is 371. The second-order valence-corrected chi connectivity index (χ2v) is 9.61. The lowest BCUT2D eigenvalue weighted by Gasteiger charge is -2.04. The van der Waals surface area contributed by atoms with Crippen LogP contribution in [0.5, 0.6) is 0 Å². The zero-order chi connectivity index (χ0) is 10.6. The van der Waals surface area contributed by atoms with Gasteiger partial charge in [-0.3, -0.25) is 0 Å². The van der Waals surface area contributed by atoms with Crippen LogP contribution in [0, 0.1) is 11.5 Å². The van der Waals surface area contributed by atoms with Gasteiger partial charge in [0.05, 0.1) is 5.56 Å². The molecule has 0 aromatic carbocycles. The molecule has 1 aromatic rings. The summed E-state index contributed by atoms with van der Waals surface area (Å²) in [7, 11) is -1.27. The average molecular weight is 221 g/mol. The van der Waals surface area contributed by atoms with Gasteiger partial charge in [-0.1, -0.05) is 25.6 Å². The molecule has 0 aliphatic heterocycles. The molecule has 0 spiro atoms. The summed E-state index contributed by atoms with van der Waals surface area (Å²) in [5, 5.41) is 1.03. The van der Waals surface area contributed by atoms with Gasteiger partial charge in [-0.15, -0.1) is 17.3 Å². The highest BCUT2D eigenvalue weighted by atomic mass is 32.2. The van der Waals surface area contributed by atoms with Gasteiger partial charge in [0.2, 0.25) is 0 Å². The summed E-state index contributed by atoms with van der Waals surface area (Å²) in [6.07, 6.45) is 3.84. The van der Waals surface area contributed by atoms with Crippen LogP contribution in [-0.4, -0.2) is 19.3 Å². The summed E-state index contributed by atoms with van der Waals surface area (Å²) in [5.74, 6) is 3.23. The maximum Gasteiger partial charge on any atom is 0.129 e. The fraction of sp³-hybridized carbons (Fsp3) is 0.364. The van der Waals surface area contributed by atoms with E-state index in [1.165, 1.54) is 0 Å². The van der Waals surface area contributed by atoms with Crippen LogP contribution in [0.15, 0.2) is 23.4 Å². The van der Waals surface area contributed by atoms with Crippen molar-refractivity contribution in [3.05, 3.63) is 23.9 Å². The molecule has 0 atom stereocenters. The average Bonchev–Trinajstić information content (AvgIpc) is 2.14. The Hall–Kier alpha value is -0.723. The standard InChI is InChI=1S/C11H15NSSi/c1-13-11-10(6-5-8-12-11)7-9-14(2,3)4/h5-6,8H,1-4H3. The Kier molecular flexibility index (Phi) is 3.79. The molecular formula is C11H15NSSi. The SMILES string of the molecule is CSc1ncccc1C#C[Si](C)(C)C. The van der Waals surface area contributed by atoms with Gasteiger partial charge in [-0.05, 0) is 18.4 Å². The Balaban J connectivity index is 3.00. The predicted octanol–water partition coefficient (Wildman–Crippen LogP) is 3.03. The van der Waals surface area contributed by atoms with Crippen LogP contribution in [-0.2, 0) is 0 Å². The molecule has 14 heavy (non-hydrogen) atoms. The third-order valence-electron chi connectivity index (χ3n) is 1.54. The second-order valence-electron chi connectivity index (χ2n) is 4.06. The van der Waals surface area contributed by atoms with Crippen LogP contribution in [0.3, 0.4) is 0 Å². The van der Waals surface area contributed by atoms with E-state index in [9.17, 15) is 0 Å². The van der Waals surface area contributed by atoms with Gasteiger partial charge >= 0.3 is 0 Å². The Labute approximate surface area is 91.3 Å².